The number of carboxylic acid groups (broad SMARTS) is 1. The van der Waals surface area contributed by atoms with Gasteiger partial charge in [-0.15, -0.1) is 0 Å². The number of urea groups is 1. The van der Waals surface area contributed by atoms with Gasteiger partial charge in [0.1, 0.15) is 36.2 Å². The number of alkyl carbamates (subject to hydrolysis) is 1. The van der Waals surface area contributed by atoms with Gasteiger partial charge in [-0.3, -0.25) is 24.5 Å². The quantitative estimate of drug-likeness (QED) is 0.108. The fourth-order valence-electron chi connectivity index (χ4n) is 4.09. The number of rotatable bonds is 15. The Morgan fingerprint density at radius 3 is 2.51 bits per heavy atom. The van der Waals surface area contributed by atoms with Crippen molar-refractivity contribution in [2.45, 2.75) is 31.8 Å². The summed E-state index contributed by atoms with van der Waals surface area (Å²) in [5.41, 5.74) is 0.775. The molecular formula is C29H33ClN5O11P. The summed E-state index contributed by atoms with van der Waals surface area (Å²) in [6.07, 6.45) is 1.83. The molecule has 1 saturated carbocycles. The summed E-state index contributed by atoms with van der Waals surface area (Å²) in [7, 11) is -1.14. The standard InChI is InChI=1S/C29H33ClN5O11P/c1-16(27(37)38)35-47(41,15-42-2)45-11-10-44-29(40)34-26(36)20-13-19-23(14-25(20)43-3)31-9-8-24(19)46-18-6-7-22(21(30)12-18)33-28(39)32-17-4-5-17/h6-9,12-14,16-17H,4-5,10-11,15H2,1-3H3,(H,35,41)(H,37,38)(H2,32,33,39)(H,34,36,40). The van der Waals surface area contributed by atoms with E-state index in [1.54, 1.807) is 18.2 Å². The van der Waals surface area contributed by atoms with Crippen LogP contribution in [0.1, 0.15) is 30.1 Å². The van der Waals surface area contributed by atoms with E-state index < -0.39 is 44.5 Å². The van der Waals surface area contributed by atoms with Crippen molar-refractivity contribution >= 4 is 59.7 Å². The highest BCUT2D eigenvalue weighted by Crippen LogP contribution is 2.42. The van der Waals surface area contributed by atoms with Crippen LogP contribution in [0.5, 0.6) is 17.2 Å². The molecule has 1 aliphatic rings. The van der Waals surface area contributed by atoms with Gasteiger partial charge in [0.2, 0.25) is 0 Å². The van der Waals surface area contributed by atoms with Crippen LogP contribution in [-0.2, 0) is 23.4 Å². The third kappa shape index (κ3) is 10.0. The van der Waals surface area contributed by atoms with Gasteiger partial charge in [-0.1, -0.05) is 11.6 Å². The number of carboxylic acids is 1. The fraction of sp³-hybridized carbons (Fsp3) is 0.345. The molecule has 1 aliphatic carbocycles. The van der Waals surface area contributed by atoms with E-state index in [-0.39, 0.29) is 35.0 Å². The van der Waals surface area contributed by atoms with E-state index in [0.717, 1.165) is 12.8 Å². The van der Waals surface area contributed by atoms with Gasteiger partial charge in [-0.05, 0) is 44.0 Å². The number of carbonyl (C=O) groups is 4. The highest BCUT2D eigenvalue weighted by atomic mass is 35.5. The molecule has 2 unspecified atom stereocenters. The maximum atomic E-state index is 13.1. The van der Waals surface area contributed by atoms with E-state index in [4.69, 9.17) is 40.2 Å². The average molecular weight is 694 g/mol. The number of halogens is 1. The zero-order valence-electron chi connectivity index (χ0n) is 25.5. The molecule has 3 aromatic rings. The SMILES string of the molecule is COCP(=O)(NC(C)C(=O)O)OCCOC(=O)NC(=O)c1cc2c(Oc3ccc(NC(=O)NC4CC4)c(Cl)c3)ccnc2cc1OC. The van der Waals surface area contributed by atoms with E-state index >= 15 is 0 Å². The molecule has 2 atom stereocenters. The molecule has 0 aliphatic heterocycles. The topological polar surface area (TPSA) is 213 Å². The van der Waals surface area contributed by atoms with E-state index in [9.17, 15) is 23.7 Å². The minimum absolute atomic E-state index is 0.0400. The first-order chi connectivity index (χ1) is 22.4. The number of carbonyl (C=O) groups excluding carboxylic acids is 3. The third-order valence-electron chi connectivity index (χ3n) is 6.49. The zero-order chi connectivity index (χ0) is 34.1. The smallest absolute Gasteiger partial charge is 0.414 e. The van der Waals surface area contributed by atoms with E-state index in [2.05, 4.69) is 26.0 Å². The van der Waals surface area contributed by atoms with Gasteiger partial charge in [0.25, 0.3) is 13.4 Å². The third-order valence-corrected chi connectivity index (χ3v) is 8.78. The van der Waals surface area contributed by atoms with Gasteiger partial charge in [0.05, 0.1) is 35.5 Å². The van der Waals surface area contributed by atoms with Crippen LogP contribution in [0.15, 0.2) is 42.6 Å². The largest absolute Gasteiger partial charge is 0.496 e. The Hall–Kier alpha value is -4.47. The zero-order valence-corrected chi connectivity index (χ0v) is 27.2. The summed E-state index contributed by atoms with van der Waals surface area (Å²) in [6.45, 7) is 0.469. The fourth-order valence-corrected chi connectivity index (χ4v) is 5.94. The average Bonchev–Trinajstić information content (AvgIpc) is 3.84. The number of benzene rings is 2. The van der Waals surface area contributed by atoms with Crippen molar-refractivity contribution in [3.8, 4) is 17.2 Å². The Morgan fingerprint density at radius 2 is 1.85 bits per heavy atom. The molecular weight excluding hydrogens is 661 g/mol. The van der Waals surface area contributed by atoms with Gasteiger partial charge >= 0.3 is 18.1 Å². The van der Waals surface area contributed by atoms with Gasteiger partial charge in [-0.2, -0.15) is 0 Å². The number of pyridine rings is 1. The van der Waals surface area contributed by atoms with Crippen LogP contribution in [0.4, 0.5) is 15.3 Å². The number of aliphatic carboxylic acids is 1. The Morgan fingerprint density at radius 1 is 1.09 bits per heavy atom. The first-order valence-electron chi connectivity index (χ1n) is 14.1. The lowest BCUT2D eigenvalue weighted by Gasteiger charge is -2.21. The minimum Gasteiger partial charge on any atom is -0.496 e. The van der Waals surface area contributed by atoms with Crippen LogP contribution in [0.3, 0.4) is 0 Å². The Kier molecular flexibility index (Phi) is 12.0. The molecule has 0 spiro atoms. The van der Waals surface area contributed by atoms with Crippen molar-refractivity contribution in [1.82, 2.24) is 20.7 Å². The highest BCUT2D eigenvalue weighted by molar-refractivity contribution is 7.56. The highest BCUT2D eigenvalue weighted by Gasteiger charge is 2.28. The molecule has 16 nitrogen and oxygen atoms in total. The second-order valence-corrected chi connectivity index (χ2v) is 12.7. The van der Waals surface area contributed by atoms with Crippen molar-refractivity contribution in [3.05, 3.63) is 53.2 Å². The molecule has 0 bridgehead atoms. The normalized spacial score (nSPS) is 14.4. The minimum atomic E-state index is -3.74. The Bertz CT molecular complexity index is 1700. The summed E-state index contributed by atoms with van der Waals surface area (Å²) in [5, 5.41) is 19.6. The van der Waals surface area contributed by atoms with Gasteiger partial charge in [0, 0.05) is 36.9 Å². The molecule has 1 aromatic heterocycles. The number of nitrogens with one attached hydrogen (secondary N) is 4. The Balaban J connectivity index is 1.41. The molecule has 1 fully saturated rings. The Labute approximate surface area is 273 Å². The number of imide groups is 1. The molecule has 0 saturated heterocycles. The number of hydrogen-bond acceptors (Lipinski definition) is 11. The molecule has 4 amide bonds. The van der Waals surface area contributed by atoms with Crippen molar-refractivity contribution in [2.75, 3.05) is 39.1 Å². The number of amides is 4. The van der Waals surface area contributed by atoms with Crippen LogP contribution in [-0.4, -0.2) is 80.0 Å². The van der Waals surface area contributed by atoms with E-state index in [0.29, 0.717) is 28.1 Å². The lowest BCUT2D eigenvalue weighted by atomic mass is 10.1. The first kappa shape index (κ1) is 35.4. The van der Waals surface area contributed by atoms with Crippen LogP contribution in [0, 0.1) is 0 Å². The molecule has 252 valence electrons. The number of anilines is 1. The van der Waals surface area contributed by atoms with Crippen molar-refractivity contribution in [1.29, 1.82) is 0 Å². The molecule has 18 heteroatoms. The number of aromatic nitrogens is 1. The lowest BCUT2D eigenvalue weighted by Crippen LogP contribution is -2.34. The number of fused-ring (bicyclic) bond motifs is 1. The van der Waals surface area contributed by atoms with Gasteiger partial charge in [0.15, 0.2) is 0 Å². The summed E-state index contributed by atoms with van der Waals surface area (Å²) in [5.74, 6) is -1.36. The summed E-state index contributed by atoms with van der Waals surface area (Å²) in [4.78, 5) is 53.0. The maximum Gasteiger partial charge on any atom is 0.414 e. The van der Waals surface area contributed by atoms with Crippen LogP contribution in [0.2, 0.25) is 5.02 Å². The molecule has 47 heavy (non-hydrogen) atoms. The van der Waals surface area contributed by atoms with Gasteiger partial charge < -0.3 is 39.2 Å². The predicted octanol–water partition coefficient (Wildman–Crippen LogP) is 4.72. The first-order valence-corrected chi connectivity index (χ1v) is 16.3. The molecule has 2 aromatic carbocycles. The molecule has 4 rings (SSSR count). The van der Waals surface area contributed by atoms with Crippen LogP contribution >= 0.6 is 19.1 Å². The molecule has 1 heterocycles. The number of nitrogens with zero attached hydrogens (tertiary/aromatic N) is 1. The van der Waals surface area contributed by atoms with Crippen LogP contribution in [0.25, 0.3) is 10.9 Å². The second-order valence-electron chi connectivity index (χ2n) is 10.2. The monoisotopic (exact) mass is 693 g/mol. The molecule has 5 N–H and O–H groups in total. The number of hydrogen-bond donors (Lipinski definition) is 5. The van der Waals surface area contributed by atoms with Crippen molar-refractivity contribution < 1.29 is 52.3 Å². The summed E-state index contributed by atoms with van der Waals surface area (Å²) < 4.78 is 39.2. The summed E-state index contributed by atoms with van der Waals surface area (Å²) in [6, 6.07) is 7.85. The number of methoxy groups -OCH3 is 2. The van der Waals surface area contributed by atoms with Crippen molar-refractivity contribution in [2.24, 2.45) is 0 Å². The lowest BCUT2D eigenvalue weighted by molar-refractivity contribution is -0.138. The van der Waals surface area contributed by atoms with Gasteiger partial charge in [-0.25, -0.2) is 14.7 Å². The van der Waals surface area contributed by atoms with Crippen molar-refractivity contribution in [3.63, 3.8) is 0 Å². The van der Waals surface area contributed by atoms with Crippen LogP contribution < -0.4 is 30.5 Å². The van der Waals surface area contributed by atoms with E-state index in [1.807, 2.05) is 0 Å². The summed E-state index contributed by atoms with van der Waals surface area (Å²) >= 11 is 6.38. The molecule has 0 radical (unpaired) electrons. The maximum absolute atomic E-state index is 13.1. The predicted molar refractivity (Wildman–Crippen MR) is 169 cm³/mol. The van der Waals surface area contributed by atoms with E-state index in [1.165, 1.54) is 45.5 Å². The second kappa shape index (κ2) is 15.9. The number of ether oxygens (including phenoxy) is 4.